The van der Waals surface area contributed by atoms with E-state index in [1.807, 2.05) is 20.8 Å². The number of carbonyl (C=O) groups excluding carboxylic acids is 1. The SMILES string of the molecule is CNC(C)CNC(=O)c1cnn(-c2ccc(C(F)(F)F)cn2)c1C(C)C.Cl. The Hall–Kier alpha value is -2.13. The second-order valence-electron chi connectivity index (χ2n) is 6.31. The molecule has 0 radical (unpaired) electrons. The molecule has 2 aromatic rings. The van der Waals surface area contributed by atoms with Crippen LogP contribution in [-0.4, -0.2) is 40.3 Å². The van der Waals surface area contributed by atoms with Gasteiger partial charge in [-0.2, -0.15) is 18.3 Å². The zero-order valence-corrected chi connectivity index (χ0v) is 16.3. The van der Waals surface area contributed by atoms with E-state index in [1.165, 1.54) is 16.9 Å². The number of pyridine rings is 1. The van der Waals surface area contributed by atoms with Crippen LogP contribution in [-0.2, 0) is 6.18 Å². The Labute approximate surface area is 162 Å². The third-order valence-corrected chi connectivity index (χ3v) is 3.95. The van der Waals surface area contributed by atoms with Crippen molar-refractivity contribution in [2.24, 2.45) is 0 Å². The molecular formula is C17H23ClF3N5O. The zero-order chi connectivity index (χ0) is 19.5. The molecule has 1 unspecified atom stereocenters. The normalized spacial score (nSPS) is 12.6. The van der Waals surface area contributed by atoms with Crippen molar-refractivity contribution in [2.45, 2.75) is 38.9 Å². The molecule has 0 fully saturated rings. The third-order valence-electron chi connectivity index (χ3n) is 3.95. The molecule has 0 bridgehead atoms. The Morgan fingerprint density at radius 1 is 1.22 bits per heavy atom. The first-order valence-corrected chi connectivity index (χ1v) is 8.22. The molecule has 6 nitrogen and oxygen atoms in total. The molecule has 2 aromatic heterocycles. The molecule has 0 aliphatic heterocycles. The summed E-state index contributed by atoms with van der Waals surface area (Å²) in [6, 6.07) is 2.29. The molecule has 0 spiro atoms. The summed E-state index contributed by atoms with van der Waals surface area (Å²) < 4.78 is 39.5. The lowest BCUT2D eigenvalue weighted by molar-refractivity contribution is -0.137. The van der Waals surface area contributed by atoms with Crippen molar-refractivity contribution >= 4 is 18.3 Å². The lowest BCUT2D eigenvalue weighted by atomic mass is 10.1. The van der Waals surface area contributed by atoms with Crippen molar-refractivity contribution in [3.05, 3.63) is 41.3 Å². The van der Waals surface area contributed by atoms with Crippen molar-refractivity contribution in [1.29, 1.82) is 0 Å². The summed E-state index contributed by atoms with van der Waals surface area (Å²) in [4.78, 5) is 16.3. The van der Waals surface area contributed by atoms with E-state index in [-0.39, 0.29) is 36.1 Å². The summed E-state index contributed by atoms with van der Waals surface area (Å²) in [6.07, 6.45) is -2.28. The van der Waals surface area contributed by atoms with Gasteiger partial charge in [0.05, 0.1) is 23.0 Å². The van der Waals surface area contributed by atoms with Gasteiger partial charge in [0.2, 0.25) is 0 Å². The van der Waals surface area contributed by atoms with Crippen LogP contribution in [0.15, 0.2) is 24.5 Å². The molecule has 0 aromatic carbocycles. The highest BCUT2D eigenvalue weighted by Crippen LogP contribution is 2.29. The summed E-state index contributed by atoms with van der Waals surface area (Å²) >= 11 is 0. The van der Waals surface area contributed by atoms with Crippen molar-refractivity contribution in [3.63, 3.8) is 0 Å². The van der Waals surface area contributed by atoms with Crippen LogP contribution < -0.4 is 10.6 Å². The Morgan fingerprint density at radius 2 is 1.89 bits per heavy atom. The fraction of sp³-hybridized carbons (Fsp3) is 0.471. The predicted molar refractivity (Wildman–Crippen MR) is 98.6 cm³/mol. The average Bonchev–Trinajstić information content (AvgIpc) is 3.04. The summed E-state index contributed by atoms with van der Waals surface area (Å²) in [5.74, 6) is -0.137. The number of nitrogens with one attached hydrogen (secondary N) is 2. The quantitative estimate of drug-likeness (QED) is 0.774. The van der Waals surface area contributed by atoms with E-state index in [0.29, 0.717) is 17.8 Å². The van der Waals surface area contributed by atoms with Crippen LogP contribution in [0.25, 0.3) is 5.82 Å². The number of halogens is 4. The van der Waals surface area contributed by atoms with Gasteiger partial charge in [0.1, 0.15) is 0 Å². The van der Waals surface area contributed by atoms with Gasteiger partial charge < -0.3 is 10.6 Å². The van der Waals surface area contributed by atoms with Crippen molar-refractivity contribution in [2.75, 3.05) is 13.6 Å². The van der Waals surface area contributed by atoms with Gasteiger partial charge in [-0.15, -0.1) is 12.4 Å². The number of nitrogens with zero attached hydrogens (tertiary/aromatic N) is 3. The number of rotatable bonds is 6. The van der Waals surface area contributed by atoms with E-state index in [0.717, 1.165) is 12.3 Å². The summed E-state index contributed by atoms with van der Waals surface area (Å²) in [6.45, 7) is 6.13. The van der Waals surface area contributed by atoms with E-state index in [1.54, 1.807) is 7.05 Å². The van der Waals surface area contributed by atoms with Crippen LogP contribution in [0.4, 0.5) is 13.2 Å². The highest BCUT2D eigenvalue weighted by Gasteiger charge is 2.31. The number of hydrogen-bond donors (Lipinski definition) is 2. The van der Waals surface area contributed by atoms with E-state index in [4.69, 9.17) is 0 Å². The second-order valence-corrected chi connectivity index (χ2v) is 6.31. The number of aromatic nitrogens is 3. The van der Waals surface area contributed by atoms with Crippen LogP contribution in [0, 0.1) is 0 Å². The molecule has 2 heterocycles. The van der Waals surface area contributed by atoms with Gasteiger partial charge in [-0.1, -0.05) is 13.8 Å². The standard InChI is InChI=1S/C17H22F3N5O.ClH/c1-10(2)15-13(16(26)23-7-11(3)21-4)9-24-25(15)14-6-5-12(8-22-14)17(18,19)20;/h5-6,8-11,21H,7H2,1-4H3,(H,23,26);1H. The fourth-order valence-electron chi connectivity index (χ4n) is 2.39. The minimum atomic E-state index is -4.45. The van der Waals surface area contributed by atoms with E-state index >= 15 is 0 Å². The summed E-state index contributed by atoms with van der Waals surface area (Å²) in [5, 5.41) is 10.00. The number of amides is 1. The predicted octanol–water partition coefficient (Wildman–Crippen LogP) is 3.17. The number of carbonyl (C=O) groups is 1. The minimum Gasteiger partial charge on any atom is -0.350 e. The average molecular weight is 406 g/mol. The molecule has 0 aliphatic rings. The van der Waals surface area contributed by atoms with Gasteiger partial charge in [-0.25, -0.2) is 9.67 Å². The van der Waals surface area contributed by atoms with Crippen molar-refractivity contribution < 1.29 is 18.0 Å². The molecule has 0 saturated carbocycles. The molecule has 2 N–H and O–H groups in total. The highest BCUT2D eigenvalue weighted by atomic mass is 35.5. The van der Waals surface area contributed by atoms with Crippen LogP contribution in [0.5, 0.6) is 0 Å². The van der Waals surface area contributed by atoms with Crippen molar-refractivity contribution in [1.82, 2.24) is 25.4 Å². The maximum Gasteiger partial charge on any atom is 0.417 e. The molecule has 1 amide bonds. The molecule has 2 rings (SSSR count). The monoisotopic (exact) mass is 405 g/mol. The molecule has 10 heteroatoms. The van der Waals surface area contributed by atoms with E-state index in [9.17, 15) is 18.0 Å². The zero-order valence-electron chi connectivity index (χ0n) is 15.5. The number of alkyl halides is 3. The molecule has 150 valence electrons. The highest BCUT2D eigenvalue weighted by molar-refractivity contribution is 5.95. The molecule has 27 heavy (non-hydrogen) atoms. The Kier molecular flexibility index (Phi) is 7.79. The maximum absolute atomic E-state index is 12.7. The smallest absolute Gasteiger partial charge is 0.350 e. The first kappa shape index (κ1) is 22.9. The van der Waals surface area contributed by atoms with E-state index < -0.39 is 11.7 Å². The Balaban J connectivity index is 0.00000364. The van der Waals surface area contributed by atoms with Crippen LogP contribution >= 0.6 is 12.4 Å². The Bertz CT molecular complexity index is 759. The summed E-state index contributed by atoms with van der Waals surface area (Å²) in [7, 11) is 1.80. The van der Waals surface area contributed by atoms with Crippen LogP contribution in [0.1, 0.15) is 48.3 Å². The topological polar surface area (TPSA) is 71.8 Å². The van der Waals surface area contributed by atoms with Gasteiger partial charge in [-0.05, 0) is 32.0 Å². The maximum atomic E-state index is 12.7. The van der Waals surface area contributed by atoms with Gasteiger partial charge in [0, 0.05) is 18.8 Å². The lowest BCUT2D eigenvalue weighted by Crippen LogP contribution is -2.37. The van der Waals surface area contributed by atoms with Gasteiger partial charge in [0.25, 0.3) is 5.91 Å². The number of hydrogen-bond acceptors (Lipinski definition) is 4. The second kappa shape index (κ2) is 9.18. The molecule has 0 aliphatic carbocycles. The molecular weight excluding hydrogens is 383 g/mol. The molecule has 1 atom stereocenters. The first-order chi connectivity index (χ1) is 12.1. The van der Waals surface area contributed by atoms with Gasteiger partial charge in [-0.3, -0.25) is 4.79 Å². The van der Waals surface area contributed by atoms with Crippen molar-refractivity contribution in [3.8, 4) is 5.82 Å². The number of likely N-dealkylation sites (N-methyl/N-ethyl adjacent to an activating group) is 1. The first-order valence-electron chi connectivity index (χ1n) is 8.22. The lowest BCUT2D eigenvalue weighted by Gasteiger charge is -2.14. The minimum absolute atomic E-state index is 0. The van der Waals surface area contributed by atoms with Gasteiger partial charge >= 0.3 is 6.18 Å². The Morgan fingerprint density at radius 3 is 2.37 bits per heavy atom. The third kappa shape index (κ3) is 5.43. The molecule has 0 saturated heterocycles. The van der Waals surface area contributed by atoms with Crippen LogP contribution in [0.2, 0.25) is 0 Å². The van der Waals surface area contributed by atoms with Crippen LogP contribution in [0.3, 0.4) is 0 Å². The largest absolute Gasteiger partial charge is 0.417 e. The fourth-order valence-corrected chi connectivity index (χ4v) is 2.39. The van der Waals surface area contributed by atoms with Gasteiger partial charge in [0.15, 0.2) is 5.82 Å². The summed E-state index contributed by atoms with van der Waals surface area (Å²) in [5.41, 5.74) is 0.135. The van der Waals surface area contributed by atoms with E-state index in [2.05, 4.69) is 20.7 Å².